The number of benzene rings is 2. The number of aromatic amines is 1. The van der Waals surface area contributed by atoms with E-state index in [-0.39, 0.29) is 13.0 Å². The molecule has 2 heterocycles. The Kier molecular flexibility index (Phi) is 4.92. The van der Waals surface area contributed by atoms with E-state index >= 15 is 0 Å². The van der Waals surface area contributed by atoms with Gasteiger partial charge >= 0.3 is 6.18 Å². The maximum Gasteiger partial charge on any atom is 0.406 e. The molecular formula is C20H16F4N4O2. The van der Waals surface area contributed by atoms with Crippen LogP contribution in [0.3, 0.4) is 0 Å². The minimum Gasteiger partial charge on any atom is -0.338 e. The molecule has 1 saturated heterocycles. The van der Waals surface area contributed by atoms with E-state index in [2.05, 4.69) is 15.3 Å². The summed E-state index contributed by atoms with van der Waals surface area (Å²) in [5, 5.41) is 2.63. The summed E-state index contributed by atoms with van der Waals surface area (Å²) < 4.78 is 51.0. The molecule has 10 heteroatoms. The van der Waals surface area contributed by atoms with Crippen molar-refractivity contribution in [2.24, 2.45) is 5.92 Å². The molecule has 1 atom stereocenters. The van der Waals surface area contributed by atoms with E-state index < -0.39 is 36.3 Å². The number of carbonyl (C=O) groups excluding carboxylic acids is 2. The zero-order valence-electron chi connectivity index (χ0n) is 15.5. The van der Waals surface area contributed by atoms with Crippen LogP contribution in [0.5, 0.6) is 0 Å². The van der Waals surface area contributed by atoms with Crippen molar-refractivity contribution in [3.05, 3.63) is 48.3 Å². The molecule has 4 rings (SSSR count). The highest BCUT2D eigenvalue weighted by atomic mass is 19.4. The second-order valence-electron chi connectivity index (χ2n) is 7.11. The van der Waals surface area contributed by atoms with E-state index in [1.165, 1.54) is 12.1 Å². The number of hydrogen-bond donors (Lipinski definition) is 2. The zero-order valence-corrected chi connectivity index (χ0v) is 15.5. The number of anilines is 1. The van der Waals surface area contributed by atoms with Crippen LogP contribution in [0.2, 0.25) is 0 Å². The van der Waals surface area contributed by atoms with Crippen LogP contribution in [-0.2, 0) is 9.59 Å². The van der Waals surface area contributed by atoms with Crippen LogP contribution in [-0.4, -0.2) is 45.9 Å². The maximum atomic E-state index is 13.4. The smallest absolute Gasteiger partial charge is 0.338 e. The summed E-state index contributed by atoms with van der Waals surface area (Å²) in [6, 6.07) is 10.8. The van der Waals surface area contributed by atoms with Crippen LogP contribution in [0.25, 0.3) is 22.4 Å². The topological polar surface area (TPSA) is 78.1 Å². The number of likely N-dealkylation sites (tertiary alicyclic amines) is 1. The molecule has 0 radical (unpaired) electrons. The average molecular weight is 420 g/mol. The lowest BCUT2D eigenvalue weighted by Crippen LogP contribution is -2.36. The third kappa shape index (κ3) is 4.27. The molecule has 0 bridgehead atoms. The third-order valence-corrected chi connectivity index (χ3v) is 4.80. The second-order valence-corrected chi connectivity index (χ2v) is 7.11. The Hall–Kier alpha value is -3.43. The van der Waals surface area contributed by atoms with Gasteiger partial charge in [-0.15, -0.1) is 0 Å². The van der Waals surface area contributed by atoms with Crippen molar-refractivity contribution in [1.82, 2.24) is 14.9 Å². The van der Waals surface area contributed by atoms with Gasteiger partial charge in [0.15, 0.2) is 0 Å². The van der Waals surface area contributed by atoms with E-state index in [1.54, 1.807) is 30.3 Å². The number of fused-ring (bicyclic) bond motifs is 1. The minimum atomic E-state index is -4.51. The minimum absolute atomic E-state index is 0.266. The number of nitrogens with one attached hydrogen (secondary N) is 2. The van der Waals surface area contributed by atoms with Gasteiger partial charge in [-0.2, -0.15) is 13.2 Å². The van der Waals surface area contributed by atoms with E-state index in [0.29, 0.717) is 33.0 Å². The number of aromatic nitrogens is 2. The van der Waals surface area contributed by atoms with Gasteiger partial charge in [0.25, 0.3) is 0 Å². The molecule has 1 aromatic heterocycles. The van der Waals surface area contributed by atoms with Gasteiger partial charge in [-0.1, -0.05) is 12.1 Å². The van der Waals surface area contributed by atoms with E-state index in [1.807, 2.05) is 0 Å². The van der Waals surface area contributed by atoms with Gasteiger partial charge in [0.1, 0.15) is 18.2 Å². The van der Waals surface area contributed by atoms with Crippen LogP contribution in [0.15, 0.2) is 42.5 Å². The number of halogens is 4. The van der Waals surface area contributed by atoms with Crippen molar-refractivity contribution >= 4 is 28.5 Å². The molecule has 3 aromatic rings. The zero-order chi connectivity index (χ0) is 21.5. The van der Waals surface area contributed by atoms with E-state index in [9.17, 15) is 27.2 Å². The molecule has 1 fully saturated rings. The molecule has 1 aliphatic heterocycles. The normalized spacial score (nSPS) is 17.0. The third-order valence-electron chi connectivity index (χ3n) is 4.80. The molecule has 0 spiro atoms. The summed E-state index contributed by atoms with van der Waals surface area (Å²) in [5.74, 6) is -2.03. The molecule has 0 aliphatic carbocycles. The Balaban J connectivity index is 1.48. The molecule has 1 aliphatic rings. The monoisotopic (exact) mass is 420 g/mol. The van der Waals surface area contributed by atoms with Crippen LogP contribution in [0.1, 0.15) is 6.42 Å². The molecule has 30 heavy (non-hydrogen) atoms. The van der Waals surface area contributed by atoms with Crippen molar-refractivity contribution in [2.75, 3.05) is 18.4 Å². The number of rotatable bonds is 4. The molecular weight excluding hydrogens is 404 g/mol. The Morgan fingerprint density at radius 1 is 1.23 bits per heavy atom. The SMILES string of the molecule is O=C(Nc1ccc2nc(-c3cccc(F)c3)[nH]c2c1)C1CC(=O)N(CC(F)(F)F)C1. The lowest BCUT2D eigenvalue weighted by atomic mass is 10.1. The van der Waals surface area contributed by atoms with Gasteiger partial charge in [0.05, 0.1) is 17.0 Å². The Morgan fingerprint density at radius 2 is 2.03 bits per heavy atom. The first-order valence-corrected chi connectivity index (χ1v) is 9.09. The van der Waals surface area contributed by atoms with Crippen LogP contribution < -0.4 is 5.32 Å². The summed E-state index contributed by atoms with van der Waals surface area (Å²) in [6.45, 7) is -1.64. The van der Waals surface area contributed by atoms with Gasteiger partial charge in [-0.3, -0.25) is 9.59 Å². The number of H-pyrrole nitrogens is 1. The quantitative estimate of drug-likeness (QED) is 0.632. The highest BCUT2D eigenvalue weighted by Gasteiger charge is 2.40. The van der Waals surface area contributed by atoms with Gasteiger partial charge in [-0.05, 0) is 30.3 Å². The van der Waals surface area contributed by atoms with Crippen LogP contribution in [0, 0.1) is 11.7 Å². The largest absolute Gasteiger partial charge is 0.406 e. The second kappa shape index (κ2) is 7.43. The molecule has 2 aromatic carbocycles. The van der Waals surface area contributed by atoms with Crippen molar-refractivity contribution < 1.29 is 27.2 Å². The predicted octanol–water partition coefficient (Wildman–Crippen LogP) is 3.72. The standard InChI is InChI=1S/C20H16F4N4O2/c21-13-3-1-2-11(6-13)18-26-15-5-4-14(8-16(15)27-18)25-19(30)12-7-17(29)28(9-12)10-20(22,23)24/h1-6,8,12H,7,9-10H2,(H,25,30)(H,26,27). The fourth-order valence-corrected chi connectivity index (χ4v) is 3.42. The number of hydrogen-bond acceptors (Lipinski definition) is 3. The first-order chi connectivity index (χ1) is 14.2. The first kappa shape index (κ1) is 19.9. The number of nitrogens with zero attached hydrogens (tertiary/aromatic N) is 2. The number of carbonyl (C=O) groups is 2. The highest BCUT2D eigenvalue weighted by Crippen LogP contribution is 2.26. The van der Waals surface area contributed by atoms with E-state index in [4.69, 9.17) is 0 Å². The molecule has 1 unspecified atom stereocenters. The van der Waals surface area contributed by atoms with E-state index in [0.717, 1.165) is 0 Å². The van der Waals surface area contributed by atoms with Gasteiger partial charge in [0, 0.05) is 24.2 Å². The molecule has 0 saturated carbocycles. The molecule has 2 amide bonds. The molecule has 156 valence electrons. The Labute approximate surface area is 167 Å². The molecule has 6 nitrogen and oxygen atoms in total. The maximum absolute atomic E-state index is 13.4. The summed E-state index contributed by atoms with van der Waals surface area (Å²) >= 11 is 0. The fourth-order valence-electron chi connectivity index (χ4n) is 3.42. The summed E-state index contributed by atoms with van der Waals surface area (Å²) in [7, 11) is 0. The van der Waals surface area contributed by atoms with Crippen LogP contribution >= 0.6 is 0 Å². The van der Waals surface area contributed by atoms with Crippen molar-refractivity contribution in [3.8, 4) is 11.4 Å². The lowest BCUT2D eigenvalue weighted by molar-refractivity contribution is -0.157. The van der Waals surface area contributed by atoms with Gasteiger partial charge < -0.3 is 15.2 Å². The summed E-state index contributed by atoms with van der Waals surface area (Å²) in [4.78, 5) is 32.3. The summed E-state index contributed by atoms with van der Waals surface area (Å²) in [5.41, 5.74) is 2.16. The lowest BCUT2D eigenvalue weighted by Gasteiger charge is -2.18. The molecule has 2 N–H and O–H groups in total. The predicted molar refractivity (Wildman–Crippen MR) is 101 cm³/mol. The number of alkyl halides is 3. The van der Waals surface area contributed by atoms with Crippen molar-refractivity contribution in [2.45, 2.75) is 12.6 Å². The average Bonchev–Trinajstić information content (AvgIpc) is 3.24. The van der Waals surface area contributed by atoms with Crippen LogP contribution in [0.4, 0.5) is 23.2 Å². The van der Waals surface area contributed by atoms with Gasteiger partial charge in [-0.25, -0.2) is 9.37 Å². The first-order valence-electron chi connectivity index (χ1n) is 9.09. The number of amides is 2. The Bertz CT molecular complexity index is 1130. The van der Waals surface area contributed by atoms with Gasteiger partial charge in [0.2, 0.25) is 11.8 Å². The number of imidazole rings is 1. The fraction of sp³-hybridized carbons (Fsp3) is 0.250. The van der Waals surface area contributed by atoms with Crippen molar-refractivity contribution in [3.63, 3.8) is 0 Å². The highest BCUT2D eigenvalue weighted by molar-refractivity contribution is 5.98. The van der Waals surface area contributed by atoms with Crippen molar-refractivity contribution in [1.29, 1.82) is 0 Å². The summed E-state index contributed by atoms with van der Waals surface area (Å²) in [6.07, 6.45) is -4.77. The Morgan fingerprint density at radius 3 is 2.77 bits per heavy atom.